The van der Waals surface area contributed by atoms with E-state index in [1.807, 2.05) is 19.4 Å². The summed E-state index contributed by atoms with van der Waals surface area (Å²) in [5.41, 5.74) is 0.909. The number of thioether (sulfide) groups is 1. The minimum absolute atomic E-state index is 0.00481. The van der Waals surface area contributed by atoms with E-state index in [1.165, 1.54) is 11.8 Å². The van der Waals surface area contributed by atoms with E-state index in [-0.39, 0.29) is 23.8 Å². The lowest BCUT2D eigenvalue weighted by Crippen LogP contribution is -2.41. The van der Waals surface area contributed by atoms with Gasteiger partial charge < -0.3 is 15.2 Å². The van der Waals surface area contributed by atoms with E-state index < -0.39 is 0 Å². The van der Waals surface area contributed by atoms with Crippen molar-refractivity contribution >= 4 is 34.9 Å². The third kappa shape index (κ3) is 5.77. The molecular weight excluding hydrogens is 384 g/mol. The molecule has 0 aliphatic heterocycles. The molecule has 0 aromatic carbocycles. The number of amides is 2. The number of aromatic nitrogens is 4. The van der Waals surface area contributed by atoms with Crippen LogP contribution in [0.2, 0.25) is 0 Å². The first-order chi connectivity index (χ1) is 13.0. The number of aryl methyl sites for hydroxylation is 2. The molecule has 1 aliphatic carbocycles. The number of thiazole rings is 1. The van der Waals surface area contributed by atoms with Crippen LogP contribution >= 0.6 is 23.1 Å². The van der Waals surface area contributed by atoms with Crippen molar-refractivity contribution in [2.45, 2.75) is 50.4 Å². The zero-order chi connectivity index (χ0) is 19.2. The van der Waals surface area contributed by atoms with E-state index in [9.17, 15) is 9.59 Å². The van der Waals surface area contributed by atoms with Gasteiger partial charge >= 0.3 is 0 Å². The number of hydrogen-bond donors (Lipinski definition) is 2. The molecule has 2 aromatic heterocycles. The summed E-state index contributed by atoms with van der Waals surface area (Å²) in [6.07, 6.45) is 4.86. The predicted molar refractivity (Wildman–Crippen MR) is 104 cm³/mol. The predicted octanol–water partition coefficient (Wildman–Crippen LogP) is 1.66. The summed E-state index contributed by atoms with van der Waals surface area (Å²) < 4.78 is 1.79. The first-order valence-electron chi connectivity index (χ1n) is 8.96. The fraction of sp³-hybridized carbons (Fsp3) is 0.588. The summed E-state index contributed by atoms with van der Waals surface area (Å²) in [6.45, 7) is 2.44. The van der Waals surface area contributed by atoms with Gasteiger partial charge in [-0.3, -0.25) is 9.59 Å². The van der Waals surface area contributed by atoms with Crippen molar-refractivity contribution in [1.82, 2.24) is 30.4 Å². The Hall–Kier alpha value is -1.94. The highest BCUT2D eigenvalue weighted by Gasteiger charge is 2.27. The monoisotopic (exact) mass is 408 g/mol. The van der Waals surface area contributed by atoms with Crippen LogP contribution in [0.4, 0.5) is 0 Å². The minimum Gasteiger partial charge on any atom is -0.353 e. The number of carbonyl (C=O) groups excluding carboxylic acids is 2. The largest absolute Gasteiger partial charge is 0.353 e. The molecule has 8 nitrogen and oxygen atoms in total. The van der Waals surface area contributed by atoms with E-state index in [0.717, 1.165) is 41.5 Å². The second kappa shape index (κ2) is 9.32. The Morgan fingerprint density at radius 3 is 2.74 bits per heavy atom. The van der Waals surface area contributed by atoms with Crippen LogP contribution < -0.4 is 10.6 Å². The highest BCUT2D eigenvalue weighted by atomic mass is 32.2. The van der Waals surface area contributed by atoms with Crippen molar-refractivity contribution in [1.29, 1.82) is 0 Å². The lowest BCUT2D eigenvalue weighted by molar-refractivity contribution is -0.126. The van der Waals surface area contributed by atoms with Gasteiger partial charge in [-0.15, -0.1) is 21.5 Å². The van der Waals surface area contributed by atoms with Crippen LogP contribution in [-0.4, -0.2) is 43.4 Å². The van der Waals surface area contributed by atoms with Gasteiger partial charge in [0, 0.05) is 24.4 Å². The minimum atomic E-state index is -0.00481. The second-order valence-electron chi connectivity index (χ2n) is 6.70. The molecule has 0 unspecified atom stereocenters. The van der Waals surface area contributed by atoms with Crippen molar-refractivity contribution in [3.05, 3.63) is 22.4 Å². The molecule has 146 valence electrons. The zero-order valence-corrected chi connectivity index (χ0v) is 17.1. The second-order valence-corrected chi connectivity index (χ2v) is 8.71. The van der Waals surface area contributed by atoms with Crippen LogP contribution in [0, 0.1) is 12.8 Å². The molecule has 2 amide bonds. The van der Waals surface area contributed by atoms with Crippen molar-refractivity contribution in [2.75, 3.05) is 5.75 Å². The van der Waals surface area contributed by atoms with Crippen molar-refractivity contribution < 1.29 is 9.59 Å². The van der Waals surface area contributed by atoms with E-state index in [2.05, 4.69) is 25.8 Å². The zero-order valence-electron chi connectivity index (χ0n) is 15.5. The average molecular weight is 409 g/mol. The number of carbonyl (C=O) groups is 2. The van der Waals surface area contributed by atoms with Crippen LogP contribution in [0.5, 0.6) is 0 Å². The Morgan fingerprint density at radius 1 is 1.33 bits per heavy atom. The SMILES string of the molecule is Cc1nc(CNC(=O)C2CCC(NC(=O)CSc3nncn3C)CC2)cs1. The molecule has 0 radical (unpaired) electrons. The number of hydrogen-bond acceptors (Lipinski definition) is 7. The smallest absolute Gasteiger partial charge is 0.230 e. The molecule has 2 N–H and O–H groups in total. The maximum absolute atomic E-state index is 12.3. The normalized spacial score (nSPS) is 19.6. The molecule has 3 rings (SSSR count). The maximum Gasteiger partial charge on any atom is 0.230 e. The Balaban J connectivity index is 1.35. The lowest BCUT2D eigenvalue weighted by Gasteiger charge is -2.28. The lowest BCUT2D eigenvalue weighted by atomic mass is 9.85. The molecule has 0 saturated heterocycles. The van der Waals surface area contributed by atoms with Gasteiger partial charge in [0.05, 0.1) is 23.0 Å². The summed E-state index contributed by atoms with van der Waals surface area (Å²) in [5.74, 6) is 0.420. The Morgan fingerprint density at radius 2 is 2.11 bits per heavy atom. The van der Waals surface area contributed by atoms with Crippen LogP contribution in [0.25, 0.3) is 0 Å². The third-order valence-electron chi connectivity index (χ3n) is 4.58. The average Bonchev–Trinajstić information content (AvgIpc) is 3.26. The van der Waals surface area contributed by atoms with Crippen molar-refractivity contribution in [3.63, 3.8) is 0 Å². The molecule has 2 aromatic rings. The molecule has 1 fully saturated rings. The summed E-state index contributed by atoms with van der Waals surface area (Å²) in [7, 11) is 1.85. The standard InChI is InChI=1S/C17H24N6O2S2/c1-11-20-14(8-26-11)7-18-16(25)12-3-5-13(6-4-12)21-15(24)9-27-17-22-19-10-23(17)2/h8,10,12-13H,3-7,9H2,1-2H3,(H,18,25)(H,21,24). The third-order valence-corrected chi connectivity index (χ3v) is 6.43. The van der Waals surface area contributed by atoms with Crippen LogP contribution in [-0.2, 0) is 23.2 Å². The summed E-state index contributed by atoms with van der Waals surface area (Å²) in [5, 5.41) is 17.5. The van der Waals surface area contributed by atoms with Crippen molar-refractivity contribution in [3.8, 4) is 0 Å². The first-order valence-corrected chi connectivity index (χ1v) is 10.8. The van der Waals surface area contributed by atoms with Crippen molar-refractivity contribution in [2.24, 2.45) is 13.0 Å². The van der Waals surface area contributed by atoms with Crippen LogP contribution in [0.15, 0.2) is 16.9 Å². The Labute approximate surface area is 166 Å². The molecule has 27 heavy (non-hydrogen) atoms. The molecule has 10 heteroatoms. The van der Waals surface area contributed by atoms with Crippen LogP contribution in [0.3, 0.4) is 0 Å². The van der Waals surface area contributed by atoms with Gasteiger partial charge in [0.25, 0.3) is 0 Å². The molecular formula is C17H24N6O2S2. The fourth-order valence-electron chi connectivity index (χ4n) is 3.11. The van der Waals surface area contributed by atoms with Gasteiger partial charge in [-0.1, -0.05) is 11.8 Å². The Kier molecular flexibility index (Phi) is 6.84. The van der Waals surface area contributed by atoms with Gasteiger partial charge in [-0.25, -0.2) is 4.98 Å². The van der Waals surface area contributed by atoms with E-state index in [0.29, 0.717) is 12.3 Å². The summed E-state index contributed by atoms with van der Waals surface area (Å²) >= 11 is 2.96. The highest BCUT2D eigenvalue weighted by Crippen LogP contribution is 2.25. The molecule has 1 aliphatic rings. The quantitative estimate of drug-likeness (QED) is 0.676. The van der Waals surface area contributed by atoms with Crippen LogP contribution in [0.1, 0.15) is 36.4 Å². The molecule has 0 bridgehead atoms. The summed E-state index contributed by atoms with van der Waals surface area (Å²) in [6, 6.07) is 0.142. The number of rotatable bonds is 7. The fourth-order valence-corrected chi connectivity index (χ4v) is 4.43. The number of nitrogens with one attached hydrogen (secondary N) is 2. The van der Waals surface area contributed by atoms with Gasteiger partial charge in [0.1, 0.15) is 6.33 Å². The maximum atomic E-state index is 12.3. The van der Waals surface area contributed by atoms with E-state index >= 15 is 0 Å². The Bertz CT molecular complexity index is 782. The molecule has 0 atom stereocenters. The summed E-state index contributed by atoms with van der Waals surface area (Å²) in [4.78, 5) is 28.8. The van der Waals surface area contributed by atoms with Gasteiger partial charge in [0.15, 0.2) is 5.16 Å². The molecule has 1 saturated carbocycles. The topological polar surface area (TPSA) is 102 Å². The number of nitrogens with zero attached hydrogens (tertiary/aromatic N) is 4. The van der Waals surface area contributed by atoms with E-state index in [1.54, 1.807) is 22.2 Å². The van der Waals surface area contributed by atoms with Gasteiger partial charge in [-0.2, -0.15) is 0 Å². The molecule has 2 heterocycles. The van der Waals surface area contributed by atoms with E-state index in [4.69, 9.17) is 0 Å². The molecule has 0 spiro atoms. The first kappa shape index (κ1) is 19.8. The van der Waals surface area contributed by atoms with Gasteiger partial charge in [0.2, 0.25) is 11.8 Å². The highest BCUT2D eigenvalue weighted by molar-refractivity contribution is 7.99. The van der Waals surface area contributed by atoms with Gasteiger partial charge in [-0.05, 0) is 32.6 Å².